The van der Waals surface area contributed by atoms with Gasteiger partial charge >= 0.3 is 0 Å². The molecule has 0 radical (unpaired) electrons. The van der Waals surface area contributed by atoms with Crippen LogP contribution in [0.25, 0.3) is 91.9 Å². The van der Waals surface area contributed by atoms with Crippen LogP contribution < -0.4 is 33.4 Å². The Morgan fingerprint density at radius 2 is 0.671 bits per heavy atom. The van der Waals surface area contributed by atoms with Crippen LogP contribution in [-0.4, -0.2) is 13.7 Å². The summed E-state index contributed by atoms with van der Waals surface area (Å²) in [5.74, 6) is 0. The average molecular weight is 980 g/mol. The second-order valence-corrected chi connectivity index (χ2v) is 22.7. The first-order valence-corrected chi connectivity index (χ1v) is 28.1. The van der Waals surface area contributed by atoms with E-state index >= 15 is 28.8 Å². The zero-order valence-corrected chi connectivity index (χ0v) is 44.4. The summed E-state index contributed by atoms with van der Waals surface area (Å²) in [4.78, 5) is 92.1. The molecule has 0 saturated carbocycles. The molecule has 3 heterocycles. The topological polar surface area (TPSA) is 117 Å². The number of hydrogen-bond donors (Lipinski definition) is 0. The van der Waals surface area contributed by atoms with Gasteiger partial charge in [-0.25, -0.2) is 4.57 Å². The minimum absolute atomic E-state index is 0.169. The van der Waals surface area contributed by atoms with E-state index in [1.54, 1.807) is 12.1 Å². The Balaban J connectivity index is 1.34. The monoisotopic (exact) mass is 980 g/mol. The van der Waals surface area contributed by atoms with E-state index in [0.29, 0.717) is 96.0 Å². The predicted molar refractivity (Wildman–Crippen MR) is 307 cm³/mol. The fraction of sp³-hybridized carbons (Fsp3) is 0.469. The van der Waals surface area contributed by atoms with Crippen molar-refractivity contribution in [2.24, 2.45) is 0 Å². The molecule has 0 saturated heterocycles. The van der Waals surface area contributed by atoms with Crippen LogP contribution in [0.5, 0.6) is 0 Å². The van der Waals surface area contributed by atoms with Gasteiger partial charge in [0.2, 0.25) is 0 Å². The lowest BCUT2D eigenvalue weighted by Crippen LogP contribution is -2.37. The molecular formula is C64H73N3O6. The quantitative estimate of drug-likeness (QED) is 0.0358. The van der Waals surface area contributed by atoms with Crippen molar-refractivity contribution < 1.29 is 0 Å². The summed E-state index contributed by atoms with van der Waals surface area (Å²) < 4.78 is 4.28. The van der Waals surface area contributed by atoms with Crippen LogP contribution in [-0.2, 0) is 5.41 Å². The second-order valence-electron chi connectivity index (χ2n) is 22.7. The van der Waals surface area contributed by atoms with E-state index in [4.69, 9.17) is 0 Å². The summed E-state index contributed by atoms with van der Waals surface area (Å²) in [6.07, 6.45) is 19.2. The third-order valence-electron chi connectivity index (χ3n) is 16.8. The molecule has 73 heavy (non-hydrogen) atoms. The Hall–Kier alpha value is -6.22. The number of unbranched alkanes of at least 4 members (excludes halogenated alkanes) is 12. The molecule has 0 aliphatic rings. The Morgan fingerprint density at radius 3 is 1.01 bits per heavy atom. The Bertz CT molecular complexity index is 3740. The van der Waals surface area contributed by atoms with Crippen LogP contribution in [0.15, 0.2) is 89.4 Å². The fourth-order valence-corrected chi connectivity index (χ4v) is 13.0. The van der Waals surface area contributed by atoms with Crippen molar-refractivity contribution in [3.8, 4) is 5.69 Å². The van der Waals surface area contributed by atoms with E-state index in [9.17, 15) is 0 Å². The minimum atomic E-state index is -0.508. The van der Waals surface area contributed by atoms with Crippen LogP contribution >= 0.6 is 0 Å². The number of rotatable bonds is 23. The summed E-state index contributed by atoms with van der Waals surface area (Å²) in [7, 11) is 0. The van der Waals surface area contributed by atoms with Gasteiger partial charge in [0.1, 0.15) is 0 Å². The van der Waals surface area contributed by atoms with Crippen molar-refractivity contribution in [3.63, 3.8) is 0 Å². The van der Waals surface area contributed by atoms with Gasteiger partial charge < -0.3 is 0 Å². The molecule has 0 aliphatic heterocycles. The molecule has 0 spiro atoms. The van der Waals surface area contributed by atoms with E-state index in [0.717, 1.165) is 119 Å². The van der Waals surface area contributed by atoms with Crippen molar-refractivity contribution in [1.29, 1.82) is 0 Å². The van der Waals surface area contributed by atoms with Gasteiger partial charge in [-0.3, -0.25) is 37.9 Å². The van der Waals surface area contributed by atoms with Crippen molar-refractivity contribution in [2.75, 3.05) is 0 Å². The highest BCUT2D eigenvalue weighted by Gasteiger charge is 2.32. The largest absolute Gasteiger partial charge is 0.271 e. The first kappa shape index (κ1) is 50.3. The molecule has 0 fully saturated rings. The van der Waals surface area contributed by atoms with Gasteiger partial charge in [0.25, 0.3) is 33.4 Å². The molecule has 10 aromatic rings. The molecule has 0 amide bonds. The summed E-state index contributed by atoms with van der Waals surface area (Å²) in [5, 5.41) is 8.14. The molecule has 10 rings (SSSR count). The molecule has 0 bridgehead atoms. The van der Waals surface area contributed by atoms with Crippen molar-refractivity contribution in [2.45, 2.75) is 194 Å². The van der Waals surface area contributed by atoms with E-state index in [1.807, 2.05) is 48.5 Å². The highest BCUT2D eigenvalue weighted by atomic mass is 16.2. The van der Waals surface area contributed by atoms with Crippen LogP contribution in [0.3, 0.4) is 0 Å². The molecule has 380 valence electrons. The lowest BCUT2D eigenvalue weighted by molar-refractivity contribution is 0.384. The second kappa shape index (κ2) is 20.2. The zero-order chi connectivity index (χ0) is 51.5. The molecule has 9 nitrogen and oxygen atoms in total. The van der Waals surface area contributed by atoms with Crippen LogP contribution in [0, 0.1) is 0 Å². The lowest BCUT2D eigenvalue weighted by atomic mass is 9.81. The maximum Gasteiger partial charge on any atom is 0.266 e. The molecule has 3 aromatic heterocycles. The van der Waals surface area contributed by atoms with E-state index in [2.05, 4.69) is 48.5 Å². The van der Waals surface area contributed by atoms with Gasteiger partial charge in [0, 0.05) is 44.4 Å². The number of benzene rings is 7. The predicted octanol–water partition coefficient (Wildman–Crippen LogP) is 14.9. The van der Waals surface area contributed by atoms with E-state index < -0.39 is 11.1 Å². The van der Waals surface area contributed by atoms with Gasteiger partial charge in [-0.15, -0.1) is 0 Å². The molecular weight excluding hydrogens is 907 g/mol. The number of nitrogens with zero attached hydrogens (tertiary/aromatic N) is 3. The first-order valence-electron chi connectivity index (χ1n) is 28.1. The number of pyridine rings is 2. The zero-order valence-electron chi connectivity index (χ0n) is 44.4. The van der Waals surface area contributed by atoms with Crippen LogP contribution in [0.1, 0.15) is 195 Å². The number of aromatic nitrogens is 3. The first-order chi connectivity index (χ1) is 35.3. The van der Waals surface area contributed by atoms with Crippen molar-refractivity contribution in [1.82, 2.24) is 13.7 Å². The molecule has 9 heteroatoms. The Labute approximate surface area is 426 Å². The Kier molecular flexibility index (Phi) is 14.0. The third kappa shape index (κ3) is 8.28. The number of fused-ring (bicyclic) bond motifs is 4. The van der Waals surface area contributed by atoms with Gasteiger partial charge in [-0.05, 0) is 116 Å². The van der Waals surface area contributed by atoms with Crippen LogP contribution in [0.2, 0.25) is 0 Å². The maximum absolute atomic E-state index is 15.5. The Morgan fingerprint density at radius 1 is 0.342 bits per heavy atom. The molecule has 0 N–H and O–H groups in total. The SMILES string of the molecule is CCCCCCC(CCCCCC)n1c(=O)c2ccc3c4ccc5c(=O)n(C(CCCCCC)CCCCCC)c(=O)c6cc7c8c(=O)n(-c9ccc(C(C)(C)C)cc9)c(=O)c8c8cc(c1=O)c2c3c8c7c4c56. The van der Waals surface area contributed by atoms with E-state index in [-0.39, 0.29) is 50.5 Å². The fourth-order valence-electron chi connectivity index (χ4n) is 13.0. The van der Waals surface area contributed by atoms with E-state index in [1.165, 1.54) is 13.7 Å². The summed E-state index contributed by atoms with van der Waals surface area (Å²) in [5.41, 5.74) is -1.07. The average Bonchev–Trinajstić information content (AvgIpc) is 3.65. The highest BCUT2D eigenvalue weighted by Crippen LogP contribution is 2.50. The van der Waals surface area contributed by atoms with Crippen molar-refractivity contribution >= 4 is 86.2 Å². The molecule has 0 aliphatic carbocycles. The highest BCUT2D eigenvalue weighted by molar-refractivity contribution is 6.48. The maximum atomic E-state index is 15.5. The lowest BCUT2D eigenvalue weighted by Gasteiger charge is -2.24. The van der Waals surface area contributed by atoms with Gasteiger partial charge in [-0.2, -0.15) is 0 Å². The molecule has 0 unspecified atom stereocenters. The smallest absolute Gasteiger partial charge is 0.266 e. The number of hydrogen-bond acceptors (Lipinski definition) is 6. The standard InChI is InChI=1S/C64H73N3O6/c1-8-12-16-20-24-39(25-21-17-13-9-2)65-58(68)44-34-32-42-43-33-35-45-51-49(61(71)66(59(45)69)40(26-22-18-14-10-3)27-23-19-15-11-4)37-47-55(53(43)51)54-46(36-48(60(65)70)50(44)52(42)54)56-57(47)63(73)67(62(56)72)41-30-28-38(29-31-41)64(5,6)7/h28-37,39-40H,8-27H2,1-7H3. The van der Waals surface area contributed by atoms with Crippen LogP contribution in [0.4, 0.5) is 0 Å². The molecule has 7 aromatic carbocycles. The third-order valence-corrected chi connectivity index (χ3v) is 16.8. The van der Waals surface area contributed by atoms with Gasteiger partial charge in [-0.1, -0.05) is 175 Å². The normalized spacial score (nSPS) is 12.9. The van der Waals surface area contributed by atoms with Gasteiger partial charge in [0.15, 0.2) is 0 Å². The summed E-state index contributed by atoms with van der Waals surface area (Å²) in [6, 6.07) is 18.1. The molecule has 0 atom stereocenters. The van der Waals surface area contributed by atoms with Crippen molar-refractivity contribution in [3.05, 3.63) is 128 Å². The summed E-state index contributed by atoms with van der Waals surface area (Å²) >= 11 is 0. The summed E-state index contributed by atoms with van der Waals surface area (Å²) in [6.45, 7) is 15.1. The van der Waals surface area contributed by atoms with Gasteiger partial charge in [0.05, 0.1) is 16.5 Å². The minimum Gasteiger partial charge on any atom is -0.271 e.